The molecule has 2 aliphatic heterocycles. The molecule has 12 nitrogen and oxygen atoms in total. The van der Waals surface area contributed by atoms with Crippen molar-refractivity contribution in [2.24, 2.45) is 21.5 Å². The molecule has 0 aromatic carbocycles. The molecule has 0 saturated carbocycles. The van der Waals surface area contributed by atoms with E-state index in [-0.39, 0.29) is 17.6 Å². The second-order valence-electron chi connectivity index (χ2n) is 4.96. The molecule has 0 aromatic heterocycles. The highest BCUT2D eigenvalue weighted by Crippen LogP contribution is 2.34. The van der Waals surface area contributed by atoms with Gasteiger partial charge >= 0.3 is 0 Å². The van der Waals surface area contributed by atoms with E-state index in [1.165, 1.54) is 17.2 Å². The third-order valence-electron chi connectivity index (χ3n) is 3.18. The number of phosphoric ester groups is 1. The standard InChI is InChI=1S/C11H18N5O7P/c1-5-14-7(15-11(12)13)2-3-16(5)10-9(18)8(17)6(23-10)4-22-24(19,20)21/h2-3,6,8-10,17-18H,1,4H2,(H2,19,20,21)(H4,12,13,14,15)/p-1/t6-,8+,9?,10-/m1/s1. The van der Waals surface area contributed by atoms with E-state index in [2.05, 4.69) is 21.1 Å². The number of aliphatic imine (C=N–C) groups is 2. The van der Waals surface area contributed by atoms with Gasteiger partial charge in [0.15, 0.2) is 18.0 Å². The minimum Gasteiger partial charge on any atom is -0.756 e. The first kappa shape index (κ1) is 18.5. The van der Waals surface area contributed by atoms with Gasteiger partial charge in [-0.2, -0.15) is 4.99 Å². The van der Waals surface area contributed by atoms with E-state index in [0.717, 1.165) is 0 Å². The lowest BCUT2D eigenvalue weighted by molar-refractivity contribution is -0.223. The number of hydrogen-bond donors (Lipinski definition) is 5. The summed E-state index contributed by atoms with van der Waals surface area (Å²) in [6.45, 7) is 3.00. The Hall–Kier alpha value is -1.79. The number of hydrogen-bond acceptors (Lipinski definition) is 9. The topological polar surface area (TPSA) is 199 Å². The van der Waals surface area contributed by atoms with Crippen molar-refractivity contribution in [2.45, 2.75) is 24.5 Å². The SMILES string of the molecule is C=C1N=C(N=C(N)N)C=CN1[C@@H]1O[C@H](COP(=O)([O-])O)[C@H](O)C1O. The summed E-state index contributed by atoms with van der Waals surface area (Å²) < 4.78 is 20.2. The minimum atomic E-state index is -4.98. The largest absolute Gasteiger partial charge is 0.756 e. The van der Waals surface area contributed by atoms with Gasteiger partial charge in [-0.05, 0) is 6.08 Å². The molecule has 1 saturated heterocycles. The average molecular weight is 362 g/mol. The molecular formula is C11H17N5O7P-. The molecule has 1 fully saturated rings. The maximum atomic E-state index is 10.6. The summed E-state index contributed by atoms with van der Waals surface area (Å²) in [4.78, 5) is 28.2. The van der Waals surface area contributed by atoms with Gasteiger partial charge in [-0.15, -0.1) is 0 Å². The molecule has 24 heavy (non-hydrogen) atoms. The van der Waals surface area contributed by atoms with E-state index in [1.54, 1.807) is 0 Å². The molecule has 5 atom stereocenters. The van der Waals surface area contributed by atoms with Gasteiger partial charge in [-0.3, -0.25) is 4.57 Å². The first-order valence-electron chi connectivity index (χ1n) is 6.62. The van der Waals surface area contributed by atoms with Crippen molar-refractivity contribution in [3.63, 3.8) is 0 Å². The number of phosphoric acid groups is 1. The number of aliphatic hydroxyl groups excluding tert-OH is 2. The van der Waals surface area contributed by atoms with Crippen LogP contribution in [0.25, 0.3) is 0 Å². The maximum Gasteiger partial charge on any atom is 0.265 e. The van der Waals surface area contributed by atoms with Gasteiger partial charge in [0.1, 0.15) is 24.1 Å². The summed E-state index contributed by atoms with van der Waals surface area (Å²) in [7, 11) is -4.98. The maximum absolute atomic E-state index is 10.6. The zero-order valence-corrected chi connectivity index (χ0v) is 13.2. The van der Waals surface area contributed by atoms with Crippen LogP contribution in [0.2, 0.25) is 0 Å². The fourth-order valence-corrected chi connectivity index (χ4v) is 2.49. The first-order valence-corrected chi connectivity index (χ1v) is 8.12. The average Bonchev–Trinajstić information content (AvgIpc) is 2.72. The van der Waals surface area contributed by atoms with Gasteiger partial charge in [-0.25, -0.2) is 4.99 Å². The molecule has 0 spiro atoms. The van der Waals surface area contributed by atoms with Crippen LogP contribution in [0.4, 0.5) is 0 Å². The van der Waals surface area contributed by atoms with Crippen LogP contribution in [-0.4, -0.2) is 62.9 Å². The van der Waals surface area contributed by atoms with Crippen molar-refractivity contribution >= 4 is 19.6 Å². The number of aliphatic hydroxyl groups is 2. The lowest BCUT2D eigenvalue weighted by atomic mass is 10.1. The second-order valence-corrected chi connectivity index (χ2v) is 6.15. The van der Waals surface area contributed by atoms with Crippen LogP contribution in [0, 0.1) is 0 Å². The fraction of sp³-hybridized carbons (Fsp3) is 0.455. The molecule has 0 aliphatic carbocycles. The van der Waals surface area contributed by atoms with Crippen molar-refractivity contribution < 1.29 is 33.8 Å². The Kier molecular flexibility index (Phi) is 5.40. The van der Waals surface area contributed by atoms with Gasteiger partial charge in [0.2, 0.25) is 0 Å². The fourth-order valence-electron chi connectivity index (χ4n) is 2.15. The molecule has 2 unspecified atom stereocenters. The number of nitrogens with two attached hydrogens (primary N) is 2. The highest BCUT2D eigenvalue weighted by Gasteiger charge is 2.46. The number of nitrogens with zero attached hydrogens (tertiary/aromatic N) is 3. The molecule has 2 rings (SSSR count). The molecule has 0 radical (unpaired) electrons. The summed E-state index contributed by atoms with van der Waals surface area (Å²) in [5.74, 6) is 0.0965. The van der Waals surface area contributed by atoms with Crippen LogP contribution in [0.3, 0.4) is 0 Å². The van der Waals surface area contributed by atoms with Crippen LogP contribution in [0.1, 0.15) is 0 Å². The summed E-state index contributed by atoms with van der Waals surface area (Å²) >= 11 is 0. The third-order valence-corrected chi connectivity index (χ3v) is 3.66. The molecule has 13 heteroatoms. The summed E-state index contributed by atoms with van der Waals surface area (Å²) in [6.07, 6.45) is -2.32. The Morgan fingerprint density at radius 2 is 2.21 bits per heavy atom. The zero-order valence-electron chi connectivity index (χ0n) is 12.3. The smallest absolute Gasteiger partial charge is 0.265 e. The van der Waals surface area contributed by atoms with E-state index < -0.39 is 39.0 Å². The predicted molar refractivity (Wildman–Crippen MR) is 79.8 cm³/mol. The molecule has 0 bridgehead atoms. The monoisotopic (exact) mass is 362 g/mol. The Morgan fingerprint density at radius 3 is 2.75 bits per heavy atom. The van der Waals surface area contributed by atoms with Gasteiger partial charge in [0.25, 0.3) is 7.82 Å². The van der Waals surface area contributed by atoms with Crippen molar-refractivity contribution in [3.05, 3.63) is 24.7 Å². The summed E-state index contributed by atoms with van der Waals surface area (Å²) in [5.41, 5.74) is 10.5. The van der Waals surface area contributed by atoms with Crippen LogP contribution >= 0.6 is 7.82 Å². The van der Waals surface area contributed by atoms with E-state index in [4.69, 9.17) is 21.1 Å². The zero-order chi connectivity index (χ0) is 18.1. The highest BCUT2D eigenvalue weighted by molar-refractivity contribution is 7.44. The van der Waals surface area contributed by atoms with E-state index in [0.29, 0.717) is 0 Å². The number of rotatable bonds is 4. The van der Waals surface area contributed by atoms with Gasteiger partial charge in [0, 0.05) is 6.20 Å². The van der Waals surface area contributed by atoms with E-state index in [1.807, 2.05) is 0 Å². The highest BCUT2D eigenvalue weighted by atomic mass is 31.2. The van der Waals surface area contributed by atoms with Gasteiger partial charge in [0.05, 0.1) is 6.61 Å². The Balaban J connectivity index is 2.07. The minimum absolute atomic E-state index is 0.118. The van der Waals surface area contributed by atoms with Crippen molar-refractivity contribution in [2.75, 3.05) is 6.61 Å². The second kappa shape index (κ2) is 6.99. The van der Waals surface area contributed by atoms with Gasteiger partial charge in [-0.1, -0.05) is 6.58 Å². The van der Waals surface area contributed by atoms with E-state index in [9.17, 15) is 19.7 Å². The van der Waals surface area contributed by atoms with Crippen LogP contribution < -0.4 is 16.4 Å². The molecule has 0 aromatic rings. The lowest BCUT2D eigenvalue weighted by Gasteiger charge is -2.30. The Labute approximate surface area is 136 Å². The Morgan fingerprint density at radius 1 is 1.54 bits per heavy atom. The number of amidine groups is 1. The third kappa shape index (κ3) is 4.39. The van der Waals surface area contributed by atoms with E-state index >= 15 is 0 Å². The molecule has 2 aliphatic rings. The number of guanidine groups is 1. The predicted octanol–water partition coefficient (Wildman–Crippen LogP) is -3.12. The van der Waals surface area contributed by atoms with Crippen LogP contribution in [0.5, 0.6) is 0 Å². The van der Waals surface area contributed by atoms with Gasteiger partial charge < -0.3 is 45.6 Å². The molecule has 0 amide bonds. The molecule has 134 valence electrons. The summed E-state index contributed by atoms with van der Waals surface area (Å²) in [6, 6.07) is 0. The quantitative estimate of drug-likeness (QED) is 0.194. The molecule has 7 N–H and O–H groups in total. The molecular weight excluding hydrogens is 345 g/mol. The van der Waals surface area contributed by atoms with Crippen molar-refractivity contribution in [1.29, 1.82) is 0 Å². The Bertz CT molecular complexity index is 641. The lowest BCUT2D eigenvalue weighted by Crippen LogP contribution is -2.41. The normalized spacial score (nSPS) is 32.4. The number of ether oxygens (including phenoxy) is 1. The summed E-state index contributed by atoms with van der Waals surface area (Å²) in [5, 5.41) is 20.0. The first-order chi connectivity index (χ1) is 11.1. The van der Waals surface area contributed by atoms with Crippen LogP contribution in [0.15, 0.2) is 34.7 Å². The van der Waals surface area contributed by atoms with Crippen molar-refractivity contribution in [1.82, 2.24) is 4.90 Å². The van der Waals surface area contributed by atoms with Crippen molar-refractivity contribution in [3.8, 4) is 0 Å². The molecule has 2 heterocycles. The van der Waals surface area contributed by atoms with Crippen LogP contribution in [-0.2, 0) is 13.8 Å².